The van der Waals surface area contributed by atoms with Crippen LogP contribution >= 0.6 is 0 Å². The fraction of sp³-hybridized carbons (Fsp3) is 0.400. The molecule has 0 bridgehead atoms. The van der Waals surface area contributed by atoms with E-state index in [2.05, 4.69) is 4.98 Å². The predicted octanol–water partition coefficient (Wildman–Crippen LogP) is 2.10. The van der Waals surface area contributed by atoms with Crippen molar-refractivity contribution in [2.75, 3.05) is 18.6 Å². The van der Waals surface area contributed by atoms with E-state index in [1.54, 1.807) is 12.1 Å². The van der Waals surface area contributed by atoms with Gasteiger partial charge in [0.25, 0.3) is 0 Å². The molecule has 1 fully saturated rings. The van der Waals surface area contributed by atoms with E-state index in [4.69, 9.17) is 4.42 Å². The average molecular weight is 324 g/mol. The molecule has 0 spiro atoms. The van der Waals surface area contributed by atoms with Crippen LogP contribution in [0, 0.1) is 5.82 Å². The first-order chi connectivity index (χ1) is 10.4. The van der Waals surface area contributed by atoms with Crippen molar-refractivity contribution in [3.05, 3.63) is 42.0 Å². The SMILES string of the molecule is CN(Cc1coc(-c2cccc(F)c2)n1)C1CCS(=O)(=O)C1. The zero-order chi connectivity index (χ0) is 15.7. The molecule has 1 atom stereocenters. The molecule has 1 aromatic carbocycles. The summed E-state index contributed by atoms with van der Waals surface area (Å²) >= 11 is 0. The molecule has 1 unspecified atom stereocenters. The molecule has 1 aliphatic heterocycles. The second-order valence-corrected chi connectivity index (χ2v) is 7.86. The molecule has 7 heteroatoms. The fourth-order valence-electron chi connectivity index (χ4n) is 2.64. The number of sulfone groups is 1. The maximum absolute atomic E-state index is 13.2. The van der Waals surface area contributed by atoms with E-state index >= 15 is 0 Å². The van der Waals surface area contributed by atoms with E-state index in [0.717, 1.165) is 0 Å². The zero-order valence-electron chi connectivity index (χ0n) is 12.2. The molecule has 3 rings (SSSR count). The van der Waals surface area contributed by atoms with Gasteiger partial charge < -0.3 is 4.42 Å². The van der Waals surface area contributed by atoms with Gasteiger partial charge in [-0.2, -0.15) is 0 Å². The Bertz CT molecular complexity index is 773. The summed E-state index contributed by atoms with van der Waals surface area (Å²) in [6, 6.07) is 6.07. The molecule has 5 nitrogen and oxygen atoms in total. The molecule has 1 aromatic heterocycles. The van der Waals surface area contributed by atoms with Crippen LogP contribution < -0.4 is 0 Å². The lowest BCUT2D eigenvalue weighted by Crippen LogP contribution is -2.32. The molecular weight excluding hydrogens is 307 g/mol. The first-order valence-corrected chi connectivity index (χ1v) is 8.86. The van der Waals surface area contributed by atoms with Gasteiger partial charge in [0.1, 0.15) is 12.1 Å². The summed E-state index contributed by atoms with van der Waals surface area (Å²) in [7, 11) is -1.03. The zero-order valence-corrected chi connectivity index (χ0v) is 13.0. The van der Waals surface area contributed by atoms with Crippen molar-refractivity contribution in [2.45, 2.75) is 19.0 Å². The average Bonchev–Trinajstić information content (AvgIpc) is 3.05. The van der Waals surface area contributed by atoms with Crippen LogP contribution in [0.1, 0.15) is 12.1 Å². The normalized spacial score (nSPS) is 20.6. The Morgan fingerprint density at radius 2 is 2.27 bits per heavy atom. The number of rotatable bonds is 4. The van der Waals surface area contributed by atoms with Crippen LogP contribution in [0.2, 0.25) is 0 Å². The molecule has 0 radical (unpaired) electrons. The largest absolute Gasteiger partial charge is 0.444 e. The summed E-state index contributed by atoms with van der Waals surface area (Å²) in [5, 5.41) is 0. The van der Waals surface area contributed by atoms with Gasteiger partial charge in [0.05, 0.1) is 17.2 Å². The number of nitrogens with zero attached hydrogens (tertiary/aromatic N) is 2. The maximum atomic E-state index is 13.2. The number of aromatic nitrogens is 1. The minimum Gasteiger partial charge on any atom is -0.444 e. The number of halogens is 1. The van der Waals surface area contributed by atoms with E-state index in [9.17, 15) is 12.8 Å². The second-order valence-electron chi connectivity index (χ2n) is 5.63. The predicted molar refractivity (Wildman–Crippen MR) is 80.4 cm³/mol. The highest BCUT2D eigenvalue weighted by molar-refractivity contribution is 7.91. The van der Waals surface area contributed by atoms with Gasteiger partial charge in [-0.1, -0.05) is 6.07 Å². The van der Waals surface area contributed by atoms with Gasteiger partial charge in [0.15, 0.2) is 9.84 Å². The topological polar surface area (TPSA) is 63.4 Å². The van der Waals surface area contributed by atoms with Crippen LogP contribution in [-0.2, 0) is 16.4 Å². The minimum absolute atomic E-state index is 0.0133. The lowest BCUT2D eigenvalue weighted by atomic mass is 10.2. The Balaban J connectivity index is 1.69. The number of hydrogen-bond acceptors (Lipinski definition) is 5. The monoisotopic (exact) mass is 324 g/mol. The minimum atomic E-state index is -2.90. The summed E-state index contributed by atoms with van der Waals surface area (Å²) in [6.45, 7) is 0.499. The van der Waals surface area contributed by atoms with Crippen molar-refractivity contribution in [2.24, 2.45) is 0 Å². The van der Waals surface area contributed by atoms with Gasteiger partial charge in [-0.3, -0.25) is 4.90 Å². The number of benzene rings is 1. The molecule has 22 heavy (non-hydrogen) atoms. The molecule has 1 aliphatic rings. The first kappa shape index (κ1) is 15.2. The quantitative estimate of drug-likeness (QED) is 0.862. The highest BCUT2D eigenvalue weighted by Gasteiger charge is 2.30. The maximum Gasteiger partial charge on any atom is 0.226 e. The Morgan fingerprint density at radius 3 is 2.95 bits per heavy atom. The van der Waals surface area contributed by atoms with E-state index in [1.165, 1.54) is 18.4 Å². The lowest BCUT2D eigenvalue weighted by molar-refractivity contribution is 0.251. The summed E-state index contributed by atoms with van der Waals surface area (Å²) in [5.41, 5.74) is 1.28. The Hall–Kier alpha value is -1.73. The molecule has 2 aromatic rings. The van der Waals surface area contributed by atoms with Crippen molar-refractivity contribution < 1.29 is 17.2 Å². The van der Waals surface area contributed by atoms with Gasteiger partial charge in [0, 0.05) is 18.2 Å². The summed E-state index contributed by atoms with van der Waals surface area (Å²) < 4.78 is 41.6. The van der Waals surface area contributed by atoms with Crippen LogP contribution in [0.5, 0.6) is 0 Å². The third-order valence-electron chi connectivity index (χ3n) is 3.87. The number of oxazole rings is 1. The van der Waals surface area contributed by atoms with E-state index in [1.807, 2.05) is 11.9 Å². The van der Waals surface area contributed by atoms with Crippen molar-refractivity contribution in [3.63, 3.8) is 0 Å². The van der Waals surface area contributed by atoms with Crippen LogP contribution in [0.25, 0.3) is 11.5 Å². The second kappa shape index (κ2) is 5.81. The highest BCUT2D eigenvalue weighted by atomic mass is 32.2. The summed E-state index contributed by atoms with van der Waals surface area (Å²) in [6.07, 6.45) is 2.17. The molecule has 1 saturated heterocycles. The van der Waals surface area contributed by atoms with Crippen LogP contribution in [0.3, 0.4) is 0 Å². The lowest BCUT2D eigenvalue weighted by Gasteiger charge is -2.21. The van der Waals surface area contributed by atoms with Crippen molar-refractivity contribution in [1.82, 2.24) is 9.88 Å². The third kappa shape index (κ3) is 3.36. The summed E-state index contributed by atoms with van der Waals surface area (Å²) in [5.74, 6) is 0.459. The van der Waals surface area contributed by atoms with E-state index < -0.39 is 9.84 Å². The van der Waals surface area contributed by atoms with Gasteiger partial charge in [-0.25, -0.2) is 17.8 Å². The number of hydrogen-bond donors (Lipinski definition) is 0. The Kier molecular flexibility index (Phi) is 4.01. The van der Waals surface area contributed by atoms with Crippen LogP contribution in [0.4, 0.5) is 4.39 Å². The molecule has 2 heterocycles. The van der Waals surface area contributed by atoms with E-state index in [-0.39, 0.29) is 23.4 Å². The fourth-order valence-corrected chi connectivity index (χ4v) is 4.45. The Labute approximate surface area is 128 Å². The van der Waals surface area contributed by atoms with Crippen LogP contribution in [-0.4, -0.2) is 42.9 Å². The van der Waals surface area contributed by atoms with Crippen molar-refractivity contribution in [1.29, 1.82) is 0 Å². The highest BCUT2D eigenvalue weighted by Crippen LogP contribution is 2.22. The van der Waals surface area contributed by atoms with Gasteiger partial charge >= 0.3 is 0 Å². The van der Waals surface area contributed by atoms with Gasteiger partial charge in [0.2, 0.25) is 5.89 Å². The Morgan fingerprint density at radius 1 is 1.45 bits per heavy atom. The molecule has 0 N–H and O–H groups in total. The molecule has 118 valence electrons. The van der Waals surface area contributed by atoms with Crippen molar-refractivity contribution in [3.8, 4) is 11.5 Å². The van der Waals surface area contributed by atoms with E-state index in [0.29, 0.717) is 30.1 Å². The molecular formula is C15H17FN2O3S. The smallest absolute Gasteiger partial charge is 0.226 e. The molecule has 0 amide bonds. The molecule has 0 aliphatic carbocycles. The third-order valence-corrected chi connectivity index (χ3v) is 5.62. The van der Waals surface area contributed by atoms with Crippen molar-refractivity contribution >= 4 is 9.84 Å². The first-order valence-electron chi connectivity index (χ1n) is 7.04. The summed E-state index contributed by atoms with van der Waals surface area (Å²) in [4.78, 5) is 6.31. The van der Waals surface area contributed by atoms with Crippen LogP contribution in [0.15, 0.2) is 34.9 Å². The van der Waals surface area contributed by atoms with Gasteiger partial charge in [-0.15, -0.1) is 0 Å². The standard InChI is InChI=1S/C15H17FN2O3S/c1-18(14-5-6-22(19,20)10-14)8-13-9-21-15(17-13)11-3-2-4-12(16)7-11/h2-4,7,9,14H,5-6,8,10H2,1H3. The molecule has 0 saturated carbocycles. The van der Waals surface area contributed by atoms with Gasteiger partial charge in [-0.05, 0) is 31.7 Å².